The number of rotatable bonds is 0. The third-order valence-electron chi connectivity index (χ3n) is 1.79. The molecule has 0 spiro atoms. The summed E-state index contributed by atoms with van der Waals surface area (Å²) in [7, 11) is 0. The Hall–Kier alpha value is -0.970. The highest BCUT2D eigenvalue weighted by atomic mass is 35.5. The van der Waals surface area contributed by atoms with Gasteiger partial charge in [-0.05, 0) is 13.0 Å². The van der Waals surface area contributed by atoms with Crippen molar-refractivity contribution < 1.29 is 17.6 Å². The van der Waals surface area contributed by atoms with Gasteiger partial charge in [-0.2, -0.15) is 13.2 Å². The number of hydrogen-bond donors (Lipinski definition) is 1. The molecular weight excluding hydrogens is 222 g/mol. The number of hydrogen-bond acceptors (Lipinski definition) is 1. The van der Waals surface area contributed by atoms with E-state index in [0.29, 0.717) is 6.07 Å². The van der Waals surface area contributed by atoms with Gasteiger partial charge in [0.15, 0.2) is 5.82 Å². The fourth-order valence-corrected chi connectivity index (χ4v) is 1.16. The molecule has 0 bridgehead atoms. The Balaban J connectivity index is 3.49. The van der Waals surface area contributed by atoms with E-state index in [0.717, 1.165) is 0 Å². The van der Waals surface area contributed by atoms with Crippen LogP contribution in [0.2, 0.25) is 5.02 Å². The van der Waals surface area contributed by atoms with Crippen molar-refractivity contribution in [1.82, 2.24) is 0 Å². The lowest BCUT2D eigenvalue weighted by atomic mass is 10.1. The van der Waals surface area contributed by atoms with Crippen LogP contribution in [0.15, 0.2) is 6.07 Å². The van der Waals surface area contributed by atoms with Crippen LogP contribution >= 0.6 is 11.6 Å². The van der Waals surface area contributed by atoms with Crippen LogP contribution in [0.1, 0.15) is 11.1 Å². The van der Waals surface area contributed by atoms with Crippen LogP contribution in [-0.2, 0) is 6.18 Å². The maximum absolute atomic E-state index is 13.1. The molecule has 78 valence electrons. The summed E-state index contributed by atoms with van der Waals surface area (Å²) in [6.45, 7) is 1.26. The van der Waals surface area contributed by atoms with Gasteiger partial charge in [-0.15, -0.1) is 0 Å². The first-order valence-electron chi connectivity index (χ1n) is 3.56. The van der Waals surface area contributed by atoms with E-state index in [1.165, 1.54) is 6.92 Å². The van der Waals surface area contributed by atoms with Gasteiger partial charge in [0.25, 0.3) is 0 Å². The molecule has 0 radical (unpaired) electrons. The molecular formula is C8H6ClF4N. The normalized spacial score (nSPS) is 11.9. The maximum Gasteiger partial charge on any atom is 0.418 e. The number of alkyl halides is 3. The van der Waals surface area contributed by atoms with Gasteiger partial charge in [-0.1, -0.05) is 11.6 Å². The molecule has 0 fully saturated rings. The summed E-state index contributed by atoms with van der Waals surface area (Å²) in [6, 6.07) is 0.620. The quantitative estimate of drug-likeness (QED) is 0.534. The summed E-state index contributed by atoms with van der Waals surface area (Å²) in [4.78, 5) is 0. The van der Waals surface area contributed by atoms with Crippen LogP contribution in [0.5, 0.6) is 0 Å². The number of anilines is 1. The van der Waals surface area contributed by atoms with E-state index < -0.39 is 23.2 Å². The molecule has 1 aromatic carbocycles. The molecule has 14 heavy (non-hydrogen) atoms. The van der Waals surface area contributed by atoms with Crippen molar-refractivity contribution in [2.45, 2.75) is 13.1 Å². The average molecular weight is 228 g/mol. The number of nitrogen functional groups attached to an aromatic ring is 1. The van der Waals surface area contributed by atoms with Gasteiger partial charge in [0.2, 0.25) is 0 Å². The van der Waals surface area contributed by atoms with E-state index in [4.69, 9.17) is 17.3 Å². The molecule has 1 rings (SSSR count). The minimum atomic E-state index is -4.69. The zero-order valence-corrected chi connectivity index (χ0v) is 7.80. The fraction of sp³-hybridized carbons (Fsp3) is 0.250. The summed E-state index contributed by atoms with van der Waals surface area (Å²) >= 11 is 5.40. The highest BCUT2D eigenvalue weighted by molar-refractivity contribution is 6.31. The Morgan fingerprint density at radius 2 is 1.86 bits per heavy atom. The molecule has 0 atom stereocenters. The lowest BCUT2D eigenvalue weighted by molar-refractivity contribution is -0.137. The number of halogens is 5. The van der Waals surface area contributed by atoms with E-state index in [1.54, 1.807) is 0 Å². The molecule has 2 N–H and O–H groups in total. The van der Waals surface area contributed by atoms with Crippen molar-refractivity contribution in [3.63, 3.8) is 0 Å². The molecule has 0 aliphatic heterocycles. The highest BCUT2D eigenvalue weighted by Gasteiger charge is 2.35. The topological polar surface area (TPSA) is 26.0 Å². The van der Waals surface area contributed by atoms with Gasteiger partial charge >= 0.3 is 6.18 Å². The van der Waals surface area contributed by atoms with Crippen molar-refractivity contribution >= 4 is 17.3 Å². The highest BCUT2D eigenvalue weighted by Crippen LogP contribution is 2.38. The monoisotopic (exact) mass is 227 g/mol. The van der Waals surface area contributed by atoms with E-state index in [1.807, 2.05) is 0 Å². The molecule has 0 saturated heterocycles. The minimum absolute atomic E-state index is 0.0860. The first-order chi connectivity index (χ1) is 6.25. The molecule has 0 heterocycles. The number of nitrogens with two attached hydrogens (primary N) is 1. The Morgan fingerprint density at radius 3 is 2.29 bits per heavy atom. The van der Waals surface area contributed by atoms with Gasteiger partial charge in [-0.3, -0.25) is 0 Å². The first kappa shape index (κ1) is 11.1. The van der Waals surface area contributed by atoms with Gasteiger partial charge in [-0.25, -0.2) is 4.39 Å². The van der Waals surface area contributed by atoms with Gasteiger partial charge in [0, 0.05) is 10.6 Å². The van der Waals surface area contributed by atoms with Crippen LogP contribution < -0.4 is 5.73 Å². The van der Waals surface area contributed by atoms with E-state index in [9.17, 15) is 17.6 Å². The summed E-state index contributed by atoms with van der Waals surface area (Å²) in [5.41, 5.74) is 2.74. The zero-order chi connectivity index (χ0) is 11.1. The summed E-state index contributed by atoms with van der Waals surface area (Å²) in [5, 5.41) is -0.288. The Kier molecular flexibility index (Phi) is 2.63. The summed E-state index contributed by atoms with van der Waals surface area (Å²) < 4.78 is 49.8. The third-order valence-corrected chi connectivity index (χ3v) is 2.18. The molecule has 0 aliphatic rings. The second-order valence-corrected chi connectivity index (χ2v) is 3.16. The second kappa shape index (κ2) is 3.31. The summed E-state index contributed by atoms with van der Waals surface area (Å²) in [5.74, 6) is -1.12. The van der Waals surface area contributed by atoms with E-state index in [2.05, 4.69) is 0 Å². The Morgan fingerprint density at radius 1 is 1.36 bits per heavy atom. The van der Waals surface area contributed by atoms with Crippen molar-refractivity contribution in [2.75, 3.05) is 5.73 Å². The molecule has 0 aliphatic carbocycles. The molecule has 0 saturated carbocycles. The smallest absolute Gasteiger partial charge is 0.396 e. The van der Waals surface area contributed by atoms with Crippen LogP contribution in [0, 0.1) is 12.7 Å². The van der Waals surface area contributed by atoms with Gasteiger partial charge < -0.3 is 5.73 Å². The average Bonchev–Trinajstić information content (AvgIpc) is 2.06. The largest absolute Gasteiger partial charge is 0.418 e. The molecule has 1 nitrogen and oxygen atoms in total. The number of benzene rings is 1. The van der Waals surface area contributed by atoms with Crippen molar-refractivity contribution in [2.24, 2.45) is 0 Å². The zero-order valence-electron chi connectivity index (χ0n) is 7.04. The second-order valence-electron chi connectivity index (χ2n) is 2.76. The fourth-order valence-electron chi connectivity index (χ4n) is 0.972. The summed E-state index contributed by atoms with van der Waals surface area (Å²) in [6.07, 6.45) is -4.69. The molecule has 0 unspecified atom stereocenters. The SMILES string of the molecule is Cc1c(Cl)cc(C(F)(F)F)c(N)c1F. The van der Waals surface area contributed by atoms with Crippen molar-refractivity contribution in [3.8, 4) is 0 Å². The van der Waals surface area contributed by atoms with Crippen LogP contribution in [0.3, 0.4) is 0 Å². The van der Waals surface area contributed by atoms with Gasteiger partial charge in [0.05, 0.1) is 11.3 Å². The lowest BCUT2D eigenvalue weighted by Crippen LogP contribution is -2.11. The third kappa shape index (κ3) is 1.77. The molecule has 0 amide bonds. The predicted octanol–water partition coefficient (Wildman–Crippen LogP) is 3.39. The van der Waals surface area contributed by atoms with Gasteiger partial charge in [0.1, 0.15) is 0 Å². The Labute approximate surface area is 82.5 Å². The standard InChI is InChI=1S/C8H6ClF4N/c1-3-5(9)2-4(8(11,12)13)7(14)6(3)10/h2H,14H2,1H3. The van der Waals surface area contributed by atoms with E-state index >= 15 is 0 Å². The van der Waals surface area contributed by atoms with Crippen molar-refractivity contribution in [1.29, 1.82) is 0 Å². The Bertz CT molecular complexity index is 373. The first-order valence-corrected chi connectivity index (χ1v) is 3.94. The van der Waals surface area contributed by atoms with E-state index in [-0.39, 0.29) is 10.6 Å². The molecule has 1 aromatic rings. The van der Waals surface area contributed by atoms with Crippen molar-refractivity contribution in [3.05, 3.63) is 28.0 Å². The minimum Gasteiger partial charge on any atom is -0.396 e. The lowest BCUT2D eigenvalue weighted by Gasteiger charge is -2.12. The van der Waals surface area contributed by atoms with Crippen LogP contribution in [-0.4, -0.2) is 0 Å². The molecule has 6 heteroatoms. The predicted molar refractivity (Wildman–Crippen MR) is 45.6 cm³/mol. The van der Waals surface area contributed by atoms with Crippen LogP contribution in [0.4, 0.5) is 23.2 Å². The van der Waals surface area contributed by atoms with Crippen LogP contribution in [0.25, 0.3) is 0 Å². The maximum atomic E-state index is 13.1. The molecule has 0 aromatic heterocycles.